The summed E-state index contributed by atoms with van der Waals surface area (Å²) in [6.07, 6.45) is 0. The van der Waals surface area contributed by atoms with E-state index >= 15 is 0 Å². The highest BCUT2D eigenvalue weighted by Gasteiger charge is 2.19. The maximum Gasteiger partial charge on any atom is 0.263 e. The molecule has 0 radical (unpaired) electrons. The van der Waals surface area contributed by atoms with E-state index in [0.717, 1.165) is 6.07 Å². The van der Waals surface area contributed by atoms with Crippen LogP contribution in [0.4, 0.5) is 10.1 Å². The fraction of sp³-hybridized carbons (Fsp3) is 0.0769. The number of anilines is 1. The first-order valence-electron chi connectivity index (χ1n) is 5.65. The molecule has 2 rings (SSSR count). The Hall–Kier alpha value is -1.50. The second-order valence-electron chi connectivity index (χ2n) is 4.03. The van der Waals surface area contributed by atoms with Gasteiger partial charge in [-0.15, -0.1) is 0 Å². The standard InChI is InChI=1S/C13H10Cl2FNO3S/c1-20-9-3-4-10(14)13(7-9)21(18,19)17-8-2-5-12(16)11(15)6-8/h2-7,17H,1H3. The summed E-state index contributed by atoms with van der Waals surface area (Å²) in [5.41, 5.74) is 0.125. The molecule has 21 heavy (non-hydrogen) atoms. The van der Waals surface area contributed by atoms with E-state index in [4.69, 9.17) is 27.9 Å². The van der Waals surface area contributed by atoms with Gasteiger partial charge in [0.25, 0.3) is 10.0 Å². The Morgan fingerprint density at radius 3 is 2.43 bits per heavy atom. The molecule has 0 spiro atoms. The van der Waals surface area contributed by atoms with E-state index in [-0.39, 0.29) is 20.6 Å². The van der Waals surface area contributed by atoms with Crippen molar-refractivity contribution in [2.45, 2.75) is 4.90 Å². The summed E-state index contributed by atoms with van der Waals surface area (Å²) in [6.45, 7) is 0. The molecular weight excluding hydrogens is 340 g/mol. The Labute approximate surface area is 131 Å². The van der Waals surface area contributed by atoms with Crippen molar-refractivity contribution in [1.29, 1.82) is 0 Å². The van der Waals surface area contributed by atoms with Gasteiger partial charge < -0.3 is 4.74 Å². The van der Waals surface area contributed by atoms with Gasteiger partial charge in [-0.2, -0.15) is 0 Å². The zero-order chi connectivity index (χ0) is 15.6. The van der Waals surface area contributed by atoms with E-state index in [2.05, 4.69) is 4.72 Å². The largest absolute Gasteiger partial charge is 0.497 e. The van der Waals surface area contributed by atoms with Crippen LogP contribution in [-0.4, -0.2) is 15.5 Å². The lowest BCUT2D eigenvalue weighted by atomic mass is 10.3. The first-order valence-corrected chi connectivity index (χ1v) is 7.89. The van der Waals surface area contributed by atoms with Crippen molar-refractivity contribution >= 4 is 38.9 Å². The first-order chi connectivity index (χ1) is 9.83. The van der Waals surface area contributed by atoms with Crippen LogP contribution < -0.4 is 9.46 Å². The van der Waals surface area contributed by atoms with E-state index in [1.165, 1.54) is 37.4 Å². The lowest BCUT2D eigenvalue weighted by Gasteiger charge is -2.11. The van der Waals surface area contributed by atoms with Gasteiger partial charge in [0.2, 0.25) is 0 Å². The van der Waals surface area contributed by atoms with Crippen molar-refractivity contribution in [3.63, 3.8) is 0 Å². The minimum absolute atomic E-state index is 0.0384. The van der Waals surface area contributed by atoms with Crippen LogP contribution in [0.15, 0.2) is 41.3 Å². The summed E-state index contributed by atoms with van der Waals surface area (Å²) < 4.78 is 44.9. The van der Waals surface area contributed by atoms with Crippen molar-refractivity contribution in [2.75, 3.05) is 11.8 Å². The summed E-state index contributed by atoms with van der Waals surface area (Å²) in [7, 11) is -2.54. The van der Waals surface area contributed by atoms with Crippen LogP contribution in [0.5, 0.6) is 5.75 Å². The van der Waals surface area contributed by atoms with Gasteiger partial charge in [-0.1, -0.05) is 23.2 Å². The maximum atomic E-state index is 13.1. The molecule has 0 fully saturated rings. The van der Waals surface area contributed by atoms with E-state index < -0.39 is 15.8 Å². The third kappa shape index (κ3) is 3.58. The summed E-state index contributed by atoms with van der Waals surface area (Å²) in [6, 6.07) is 7.72. The maximum absolute atomic E-state index is 13.1. The zero-order valence-corrected chi connectivity index (χ0v) is 13.1. The second kappa shape index (κ2) is 6.09. The lowest BCUT2D eigenvalue weighted by Crippen LogP contribution is -2.13. The fourth-order valence-electron chi connectivity index (χ4n) is 1.59. The van der Waals surface area contributed by atoms with Gasteiger partial charge in [0.1, 0.15) is 16.5 Å². The van der Waals surface area contributed by atoms with Gasteiger partial charge in [0.05, 0.1) is 22.8 Å². The summed E-state index contributed by atoms with van der Waals surface area (Å²) >= 11 is 11.5. The average molecular weight is 350 g/mol. The molecule has 0 unspecified atom stereocenters. The zero-order valence-electron chi connectivity index (χ0n) is 10.7. The molecule has 1 N–H and O–H groups in total. The molecule has 0 heterocycles. The van der Waals surface area contributed by atoms with Gasteiger partial charge in [-0.25, -0.2) is 12.8 Å². The predicted molar refractivity (Wildman–Crippen MR) is 80.2 cm³/mol. The number of methoxy groups -OCH3 is 1. The van der Waals surface area contributed by atoms with E-state index in [1.54, 1.807) is 0 Å². The SMILES string of the molecule is COc1ccc(Cl)c(S(=O)(=O)Nc2ccc(F)c(Cl)c2)c1. The normalized spacial score (nSPS) is 11.2. The average Bonchev–Trinajstić information content (AvgIpc) is 2.43. The van der Waals surface area contributed by atoms with Crippen LogP contribution >= 0.6 is 23.2 Å². The highest BCUT2D eigenvalue weighted by atomic mass is 35.5. The van der Waals surface area contributed by atoms with Gasteiger partial charge in [-0.05, 0) is 30.3 Å². The molecule has 0 aromatic heterocycles. The third-order valence-corrected chi connectivity index (χ3v) is 4.75. The Morgan fingerprint density at radius 1 is 1.10 bits per heavy atom. The minimum Gasteiger partial charge on any atom is -0.497 e. The van der Waals surface area contributed by atoms with Gasteiger partial charge in [0.15, 0.2) is 0 Å². The van der Waals surface area contributed by atoms with Crippen molar-refractivity contribution < 1.29 is 17.5 Å². The Morgan fingerprint density at radius 2 is 1.81 bits per heavy atom. The number of ether oxygens (including phenoxy) is 1. The number of halogens is 3. The van der Waals surface area contributed by atoms with E-state index in [1.807, 2.05) is 0 Å². The van der Waals surface area contributed by atoms with Crippen molar-refractivity contribution in [3.8, 4) is 5.75 Å². The molecule has 0 saturated carbocycles. The Balaban J connectivity index is 2.40. The number of sulfonamides is 1. The second-order valence-corrected chi connectivity index (χ2v) is 6.50. The van der Waals surface area contributed by atoms with Crippen LogP contribution in [0.3, 0.4) is 0 Å². The first kappa shape index (κ1) is 15.9. The molecule has 112 valence electrons. The smallest absolute Gasteiger partial charge is 0.263 e. The minimum atomic E-state index is -3.95. The number of hydrogen-bond acceptors (Lipinski definition) is 3. The molecule has 0 aliphatic rings. The Bertz CT molecular complexity index is 781. The van der Waals surface area contributed by atoms with Crippen LogP contribution in [-0.2, 0) is 10.0 Å². The van der Waals surface area contributed by atoms with Gasteiger partial charge in [-0.3, -0.25) is 4.72 Å². The number of nitrogens with one attached hydrogen (secondary N) is 1. The Kier molecular flexibility index (Phi) is 4.61. The van der Waals surface area contributed by atoms with Crippen LogP contribution in [0.25, 0.3) is 0 Å². The van der Waals surface area contributed by atoms with Gasteiger partial charge >= 0.3 is 0 Å². The molecule has 2 aromatic rings. The summed E-state index contributed by atoms with van der Waals surface area (Å²) in [4.78, 5) is -0.149. The van der Waals surface area contributed by atoms with Crippen LogP contribution in [0.1, 0.15) is 0 Å². The molecule has 0 amide bonds. The molecule has 8 heteroatoms. The van der Waals surface area contributed by atoms with E-state index in [9.17, 15) is 12.8 Å². The highest BCUT2D eigenvalue weighted by molar-refractivity contribution is 7.92. The number of benzene rings is 2. The molecule has 0 bridgehead atoms. The van der Waals surface area contributed by atoms with Gasteiger partial charge in [0, 0.05) is 6.07 Å². The fourth-order valence-corrected chi connectivity index (χ4v) is 3.33. The third-order valence-electron chi connectivity index (χ3n) is 2.60. The molecule has 4 nitrogen and oxygen atoms in total. The van der Waals surface area contributed by atoms with Crippen LogP contribution in [0, 0.1) is 5.82 Å². The molecule has 0 aliphatic carbocycles. The topological polar surface area (TPSA) is 55.4 Å². The summed E-state index contributed by atoms with van der Waals surface area (Å²) in [5, 5.41) is -0.150. The van der Waals surface area contributed by atoms with Crippen molar-refractivity contribution in [1.82, 2.24) is 0 Å². The molecule has 2 aromatic carbocycles. The summed E-state index contributed by atoms with van der Waals surface area (Å²) in [5.74, 6) is -0.295. The monoisotopic (exact) mass is 349 g/mol. The predicted octanol–water partition coefficient (Wildman–Crippen LogP) is 3.94. The molecule has 0 saturated heterocycles. The van der Waals surface area contributed by atoms with Crippen molar-refractivity contribution in [3.05, 3.63) is 52.3 Å². The number of hydrogen-bond donors (Lipinski definition) is 1. The molecule has 0 aliphatic heterocycles. The van der Waals surface area contributed by atoms with Crippen molar-refractivity contribution in [2.24, 2.45) is 0 Å². The number of rotatable bonds is 4. The quantitative estimate of drug-likeness (QED) is 0.909. The van der Waals surface area contributed by atoms with E-state index in [0.29, 0.717) is 5.75 Å². The molecule has 0 atom stereocenters. The molecular formula is C13H10Cl2FNO3S. The highest BCUT2D eigenvalue weighted by Crippen LogP contribution is 2.28. The lowest BCUT2D eigenvalue weighted by molar-refractivity contribution is 0.413. The van der Waals surface area contributed by atoms with Crippen LogP contribution in [0.2, 0.25) is 10.0 Å².